The Morgan fingerprint density at radius 1 is 1.28 bits per heavy atom. The number of thioether (sulfide) groups is 1. The van der Waals surface area contributed by atoms with Crippen LogP contribution in [0, 0.1) is 11.6 Å². The third kappa shape index (κ3) is 3.16. The Hall–Kier alpha value is -1.69. The molecule has 18 heavy (non-hydrogen) atoms. The second-order valence-corrected chi connectivity index (χ2v) is 4.29. The highest BCUT2D eigenvalue weighted by molar-refractivity contribution is 7.98. The zero-order valence-corrected chi connectivity index (χ0v) is 10.5. The first-order valence-corrected chi connectivity index (χ1v) is 6.46. The van der Waals surface area contributed by atoms with E-state index in [0.717, 1.165) is 6.07 Å². The third-order valence-electron chi connectivity index (χ3n) is 2.29. The minimum atomic E-state index is -0.581. The van der Waals surface area contributed by atoms with Gasteiger partial charge in [0.15, 0.2) is 5.16 Å². The van der Waals surface area contributed by atoms with Gasteiger partial charge in [-0.1, -0.05) is 17.8 Å². The number of nitrogens with one attached hydrogen (secondary N) is 1. The Labute approximate surface area is 108 Å². The summed E-state index contributed by atoms with van der Waals surface area (Å²) in [7, 11) is 0. The Morgan fingerprint density at radius 2 is 2.11 bits per heavy atom. The van der Waals surface area contributed by atoms with E-state index in [0.29, 0.717) is 16.5 Å². The van der Waals surface area contributed by atoms with Crippen LogP contribution in [0.4, 0.5) is 14.6 Å². The van der Waals surface area contributed by atoms with E-state index in [1.165, 1.54) is 23.9 Å². The second kappa shape index (κ2) is 5.77. The number of benzene rings is 1. The van der Waals surface area contributed by atoms with E-state index in [1.807, 2.05) is 6.26 Å². The predicted octanol–water partition coefficient (Wildman–Crippen LogP) is 3.09. The van der Waals surface area contributed by atoms with Crippen molar-refractivity contribution in [3.63, 3.8) is 0 Å². The van der Waals surface area contributed by atoms with Crippen LogP contribution in [0.2, 0.25) is 0 Å². The van der Waals surface area contributed by atoms with Gasteiger partial charge in [0, 0.05) is 24.4 Å². The second-order valence-electron chi connectivity index (χ2n) is 3.52. The number of anilines is 1. The van der Waals surface area contributed by atoms with Gasteiger partial charge in [-0.2, -0.15) is 0 Å². The van der Waals surface area contributed by atoms with E-state index in [4.69, 9.17) is 0 Å². The molecule has 0 bridgehead atoms. The van der Waals surface area contributed by atoms with Gasteiger partial charge in [-0.05, 0) is 18.4 Å². The average molecular weight is 267 g/mol. The zero-order valence-electron chi connectivity index (χ0n) is 9.65. The molecule has 3 nitrogen and oxygen atoms in total. The predicted molar refractivity (Wildman–Crippen MR) is 67.5 cm³/mol. The highest BCUT2D eigenvalue weighted by Gasteiger charge is 2.04. The van der Waals surface area contributed by atoms with Crippen LogP contribution in [0.5, 0.6) is 0 Å². The SMILES string of the molecule is CSc1nccc(NCc2ccc(F)cc2F)n1. The molecule has 0 spiro atoms. The average Bonchev–Trinajstić information content (AvgIpc) is 2.38. The summed E-state index contributed by atoms with van der Waals surface area (Å²) in [6, 6.07) is 5.20. The maximum absolute atomic E-state index is 13.4. The molecule has 0 aliphatic carbocycles. The molecule has 0 fully saturated rings. The van der Waals surface area contributed by atoms with Crippen molar-refractivity contribution in [2.24, 2.45) is 0 Å². The smallest absolute Gasteiger partial charge is 0.189 e. The molecule has 0 amide bonds. The van der Waals surface area contributed by atoms with Crippen molar-refractivity contribution in [2.75, 3.05) is 11.6 Å². The number of hydrogen-bond acceptors (Lipinski definition) is 4. The van der Waals surface area contributed by atoms with E-state index >= 15 is 0 Å². The molecule has 2 aromatic rings. The lowest BCUT2D eigenvalue weighted by molar-refractivity contribution is 0.574. The lowest BCUT2D eigenvalue weighted by atomic mass is 10.2. The van der Waals surface area contributed by atoms with E-state index in [9.17, 15) is 8.78 Å². The minimum absolute atomic E-state index is 0.247. The lowest BCUT2D eigenvalue weighted by Gasteiger charge is -2.07. The van der Waals surface area contributed by atoms with Crippen molar-refractivity contribution in [2.45, 2.75) is 11.7 Å². The van der Waals surface area contributed by atoms with Crippen molar-refractivity contribution < 1.29 is 8.78 Å². The number of rotatable bonds is 4. The quantitative estimate of drug-likeness (QED) is 0.682. The van der Waals surface area contributed by atoms with Gasteiger partial charge < -0.3 is 5.32 Å². The maximum Gasteiger partial charge on any atom is 0.189 e. The topological polar surface area (TPSA) is 37.8 Å². The van der Waals surface area contributed by atoms with Crippen molar-refractivity contribution in [3.8, 4) is 0 Å². The summed E-state index contributed by atoms with van der Waals surface area (Å²) in [6.07, 6.45) is 3.50. The molecule has 0 radical (unpaired) electrons. The van der Waals surface area contributed by atoms with Gasteiger partial charge >= 0.3 is 0 Å². The first kappa shape index (κ1) is 12.8. The fourth-order valence-corrected chi connectivity index (χ4v) is 1.74. The molecular weight excluding hydrogens is 256 g/mol. The molecular formula is C12H11F2N3S. The molecule has 0 unspecified atom stereocenters. The van der Waals surface area contributed by atoms with Gasteiger partial charge in [-0.3, -0.25) is 0 Å². The van der Waals surface area contributed by atoms with Crippen molar-refractivity contribution in [1.29, 1.82) is 0 Å². The number of halogens is 2. The largest absolute Gasteiger partial charge is 0.366 e. The summed E-state index contributed by atoms with van der Waals surface area (Å²) in [6.45, 7) is 0.247. The Kier molecular flexibility index (Phi) is 4.09. The minimum Gasteiger partial charge on any atom is -0.366 e. The van der Waals surface area contributed by atoms with E-state index in [-0.39, 0.29) is 6.54 Å². The van der Waals surface area contributed by atoms with Crippen LogP contribution in [0.25, 0.3) is 0 Å². The molecule has 2 rings (SSSR count). The zero-order chi connectivity index (χ0) is 13.0. The van der Waals surface area contributed by atoms with Gasteiger partial charge in [0.25, 0.3) is 0 Å². The van der Waals surface area contributed by atoms with E-state index in [1.54, 1.807) is 12.3 Å². The normalized spacial score (nSPS) is 10.4. The van der Waals surface area contributed by atoms with Crippen LogP contribution in [-0.4, -0.2) is 16.2 Å². The molecule has 0 saturated heterocycles. The Balaban J connectivity index is 2.06. The van der Waals surface area contributed by atoms with Crippen LogP contribution in [0.3, 0.4) is 0 Å². The summed E-state index contributed by atoms with van der Waals surface area (Å²) in [5.41, 5.74) is 0.390. The molecule has 6 heteroatoms. The van der Waals surface area contributed by atoms with Crippen molar-refractivity contribution in [1.82, 2.24) is 9.97 Å². The Morgan fingerprint density at radius 3 is 2.83 bits per heavy atom. The molecule has 94 valence electrons. The summed E-state index contributed by atoms with van der Waals surface area (Å²) in [5, 5.41) is 3.61. The van der Waals surface area contributed by atoms with Crippen LogP contribution in [0.15, 0.2) is 35.6 Å². The van der Waals surface area contributed by atoms with Crippen LogP contribution >= 0.6 is 11.8 Å². The van der Waals surface area contributed by atoms with Crippen molar-refractivity contribution >= 4 is 17.6 Å². The van der Waals surface area contributed by atoms with Gasteiger partial charge in [0.2, 0.25) is 0 Å². The summed E-state index contributed by atoms with van der Waals surface area (Å²) in [5.74, 6) is -0.539. The molecule has 1 aromatic carbocycles. The van der Waals surface area contributed by atoms with Gasteiger partial charge in [-0.25, -0.2) is 18.7 Å². The van der Waals surface area contributed by atoms with E-state index < -0.39 is 11.6 Å². The number of aromatic nitrogens is 2. The monoisotopic (exact) mass is 267 g/mol. The molecule has 1 heterocycles. The summed E-state index contributed by atoms with van der Waals surface area (Å²) >= 11 is 1.42. The molecule has 1 aromatic heterocycles. The first-order valence-electron chi connectivity index (χ1n) is 5.24. The van der Waals surface area contributed by atoms with Crippen LogP contribution in [-0.2, 0) is 6.54 Å². The molecule has 0 atom stereocenters. The molecule has 0 aliphatic rings. The first-order chi connectivity index (χ1) is 8.69. The van der Waals surface area contributed by atoms with Gasteiger partial charge in [0.05, 0.1) is 0 Å². The number of nitrogens with zero attached hydrogens (tertiary/aromatic N) is 2. The standard InChI is InChI=1S/C12H11F2N3S/c1-18-12-15-5-4-11(17-12)16-7-8-2-3-9(13)6-10(8)14/h2-6H,7H2,1H3,(H,15,16,17). The third-order valence-corrected chi connectivity index (χ3v) is 2.85. The van der Waals surface area contributed by atoms with Crippen molar-refractivity contribution in [3.05, 3.63) is 47.7 Å². The molecule has 0 aliphatic heterocycles. The molecule has 1 N–H and O–H groups in total. The van der Waals surface area contributed by atoms with E-state index in [2.05, 4.69) is 15.3 Å². The van der Waals surface area contributed by atoms with Gasteiger partial charge in [0.1, 0.15) is 17.5 Å². The van der Waals surface area contributed by atoms with Crippen LogP contribution in [0.1, 0.15) is 5.56 Å². The maximum atomic E-state index is 13.4. The Bertz CT molecular complexity index is 549. The van der Waals surface area contributed by atoms with Crippen LogP contribution < -0.4 is 5.32 Å². The fraction of sp³-hybridized carbons (Fsp3) is 0.167. The summed E-state index contributed by atoms with van der Waals surface area (Å²) < 4.78 is 26.1. The fourth-order valence-electron chi connectivity index (χ4n) is 1.39. The molecule has 0 saturated carbocycles. The van der Waals surface area contributed by atoms with Gasteiger partial charge in [-0.15, -0.1) is 0 Å². The highest BCUT2D eigenvalue weighted by Crippen LogP contribution is 2.14. The lowest BCUT2D eigenvalue weighted by Crippen LogP contribution is -2.04. The summed E-state index contributed by atoms with van der Waals surface area (Å²) in [4.78, 5) is 8.23. The number of hydrogen-bond donors (Lipinski definition) is 1. The highest BCUT2D eigenvalue weighted by atomic mass is 32.2.